The lowest BCUT2D eigenvalue weighted by Gasteiger charge is -2.37. The average Bonchev–Trinajstić information content (AvgIpc) is 2.70. The van der Waals surface area contributed by atoms with E-state index in [1.807, 2.05) is 0 Å². The van der Waals surface area contributed by atoms with Gasteiger partial charge in [-0.2, -0.15) is 0 Å². The van der Waals surface area contributed by atoms with Gasteiger partial charge in [0.2, 0.25) is 0 Å². The van der Waals surface area contributed by atoms with Crippen molar-refractivity contribution in [3.05, 3.63) is 0 Å². The summed E-state index contributed by atoms with van der Waals surface area (Å²) < 4.78 is 0. The van der Waals surface area contributed by atoms with Crippen molar-refractivity contribution >= 4 is 0 Å². The summed E-state index contributed by atoms with van der Waals surface area (Å²) in [5, 5.41) is 3.41. The van der Waals surface area contributed by atoms with Crippen molar-refractivity contribution in [3.8, 4) is 0 Å². The Morgan fingerprint density at radius 1 is 1.07 bits per heavy atom. The van der Waals surface area contributed by atoms with Crippen LogP contribution >= 0.6 is 0 Å². The fraction of sp³-hybridized carbons (Fsp3) is 1.00. The lowest BCUT2D eigenvalue weighted by atomic mass is 9.78. The second-order valence-electron chi connectivity index (χ2n) is 5.69. The summed E-state index contributed by atoms with van der Waals surface area (Å²) in [6.45, 7) is 7.45. The zero-order valence-electron chi connectivity index (χ0n) is 10.5. The molecular formula is C13H26N2. The molecule has 4 unspecified atom stereocenters. The molecule has 15 heavy (non-hydrogen) atoms. The van der Waals surface area contributed by atoms with Crippen LogP contribution in [-0.2, 0) is 0 Å². The molecule has 1 saturated heterocycles. The lowest BCUT2D eigenvalue weighted by molar-refractivity contribution is 0.129. The van der Waals surface area contributed by atoms with Crippen LogP contribution in [0.2, 0.25) is 0 Å². The highest BCUT2D eigenvalue weighted by Gasteiger charge is 2.32. The zero-order chi connectivity index (χ0) is 10.8. The monoisotopic (exact) mass is 210 g/mol. The van der Waals surface area contributed by atoms with E-state index in [0.717, 1.165) is 23.9 Å². The van der Waals surface area contributed by atoms with Gasteiger partial charge in [0.1, 0.15) is 0 Å². The molecule has 0 spiro atoms. The first-order chi connectivity index (χ1) is 7.20. The predicted octanol–water partition coefficient (Wildman–Crippen LogP) is 2.10. The van der Waals surface area contributed by atoms with Gasteiger partial charge in [0, 0.05) is 25.2 Å². The third-order valence-electron chi connectivity index (χ3n) is 4.71. The van der Waals surface area contributed by atoms with Gasteiger partial charge < -0.3 is 5.32 Å². The van der Waals surface area contributed by atoms with Gasteiger partial charge in [-0.25, -0.2) is 0 Å². The molecule has 0 radical (unpaired) electrons. The van der Waals surface area contributed by atoms with E-state index in [2.05, 4.69) is 31.1 Å². The summed E-state index contributed by atoms with van der Waals surface area (Å²) in [5.74, 6) is 1.88. The van der Waals surface area contributed by atoms with E-state index in [-0.39, 0.29) is 0 Å². The van der Waals surface area contributed by atoms with Crippen molar-refractivity contribution < 1.29 is 0 Å². The van der Waals surface area contributed by atoms with Gasteiger partial charge in [-0.3, -0.25) is 4.90 Å². The average molecular weight is 210 g/mol. The van der Waals surface area contributed by atoms with E-state index >= 15 is 0 Å². The fourth-order valence-electron chi connectivity index (χ4n) is 3.21. The van der Waals surface area contributed by atoms with Gasteiger partial charge in [0.25, 0.3) is 0 Å². The molecule has 1 N–H and O–H groups in total. The second kappa shape index (κ2) is 4.84. The summed E-state index contributed by atoms with van der Waals surface area (Å²) in [7, 11) is 2.10. The Balaban J connectivity index is 1.84. The Bertz CT molecular complexity index is 205. The normalized spacial score (nSPS) is 43.4. The number of hydrogen-bond donors (Lipinski definition) is 1. The van der Waals surface area contributed by atoms with Crippen molar-refractivity contribution in [3.63, 3.8) is 0 Å². The summed E-state index contributed by atoms with van der Waals surface area (Å²) in [4.78, 5) is 2.73. The smallest absolute Gasteiger partial charge is 0.0204 e. The Labute approximate surface area is 94.4 Å². The van der Waals surface area contributed by atoms with Crippen LogP contribution in [0.15, 0.2) is 0 Å². The lowest BCUT2D eigenvalue weighted by Crippen LogP contribution is -2.40. The molecule has 2 heteroatoms. The summed E-state index contributed by atoms with van der Waals surface area (Å²) in [6.07, 6.45) is 5.64. The molecule has 4 atom stereocenters. The first kappa shape index (κ1) is 11.4. The molecular weight excluding hydrogens is 184 g/mol. The molecule has 2 rings (SSSR count). The van der Waals surface area contributed by atoms with E-state index in [9.17, 15) is 0 Å². The Morgan fingerprint density at radius 3 is 2.47 bits per heavy atom. The number of rotatable bonds is 2. The number of nitrogens with one attached hydrogen (secondary N) is 1. The molecule has 2 aliphatic rings. The van der Waals surface area contributed by atoms with Crippen LogP contribution in [0, 0.1) is 11.8 Å². The first-order valence-corrected chi connectivity index (χ1v) is 6.62. The van der Waals surface area contributed by atoms with Crippen molar-refractivity contribution in [1.29, 1.82) is 0 Å². The van der Waals surface area contributed by atoms with Crippen molar-refractivity contribution in [2.75, 3.05) is 20.1 Å². The van der Waals surface area contributed by atoms with Crippen LogP contribution in [0.5, 0.6) is 0 Å². The molecule has 0 aromatic heterocycles. The van der Waals surface area contributed by atoms with E-state index in [1.165, 1.54) is 38.8 Å². The van der Waals surface area contributed by atoms with Gasteiger partial charge in [-0.1, -0.05) is 13.8 Å². The van der Waals surface area contributed by atoms with E-state index in [1.54, 1.807) is 0 Å². The van der Waals surface area contributed by atoms with E-state index in [4.69, 9.17) is 0 Å². The number of likely N-dealkylation sites (N-methyl/N-ethyl adjacent to an activating group) is 1. The molecule has 0 amide bonds. The van der Waals surface area contributed by atoms with Gasteiger partial charge in [-0.15, -0.1) is 0 Å². The largest absolute Gasteiger partial charge is 0.316 e. The number of hydrogen-bond acceptors (Lipinski definition) is 2. The Kier molecular flexibility index (Phi) is 3.68. The summed E-state index contributed by atoms with van der Waals surface area (Å²) in [6, 6.07) is 1.63. The van der Waals surface area contributed by atoms with Crippen LogP contribution in [0.1, 0.15) is 39.5 Å². The van der Waals surface area contributed by atoms with E-state index < -0.39 is 0 Å². The maximum Gasteiger partial charge on any atom is 0.0204 e. The standard InChI is InChI=1S/C13H26N2/c1-10-4-5-13(8-11(10)2)15-7-6-12(9-15)14-3/h10-14H,4-9H2,1-3H3. The fourth-order valence-corrected chi connectivity index (χ4v) is 3.21. The summed E-state index contributed by atoms with van der Waals surface area (Å²) in [5.41, 5.74) is 0. The molecule has 0 aromatic carbocycles. The van der Waals surface area contributed by atoms with Gasteiger partial charge in [0.05, 0.1) is 0 Å². The predicted molar refractivity (Wildman–Crippen MR) is 65.0 cm³/mol. The zero-order valence-corrected chi connectivity index (χ0v) is 10.5. The molecule has 0 bridgehead atoms. The highest BCUT2D eigenvalue weighted by atomic mass is 15.2. The Morgan fingerprint density at radius 2 is 1.87 bits per heavy atom. The highest BCUT2D eigenvalue weighted by molar-refractivity contribution is 4.88. The Hall–Kier alpha value is -0.0800. The SMILES string of the molecule is CNC1CCN(C2CCC(C)C(C)C2)C1. The quantitative estimate of drug-likeness (QED) is 0.751. The van der Waals surface area contributed by atoms with Gasteiger partial charge >= 0.3 is 0 Å². The second-order valence-corrected chi connectivity index (χ2v) is 5.69. The van der Waals surface area contributed by atoms with Crippen molar-refractivity contribution in [2.45, 2.75) is 51.6 Å². The third-order valence-corrected chi connectivity index (χ3v) is 4.71. The van der Waals surface area contributed by atoms with Crippen LogP contribution in [0.4, 0.5) is 0 Å². The van der Waals surface area contributed by atoms with Gasteiger partial charge in [-0.05, 0) is 44.6 Å². The molecule has 1 saturated carbocycles. The van der Waals surface area contributed by atoms with Crippen molar-refractivity contribution in [1.82, 2.24) is 10.2 Å². The molecule has 1 heterocycles. The molecule has 2 nitrogen and oxygen atoms in total. The maximum atomic E-state index is 3.41. The topological polar surface area (TPSA) is 15.3 Å². The number of nitrogens with zero attached hydrogens (tertiary/aromatic N) is 1. The minimum atomic E-state index is 0.750. The van der Waals surface area contributed by atoms with Crippen LogP contribution in [0.3, 0.4) is 0 Å². The minimum Gasteiger partial charge on any atom is -0.316 e. The maximum absolute atomic E-state index is 3.41. The molecule has 1 aliphatic heterocycles. The van der Waals surface area contributed by atoms with Crippen LogP contribution in [-0.4, -0.2) is 37.1 Å². The number of likely N-dealkylation sites (tertiary alicyclic amines) is 1. The highest BCUT2D eigenvalue weighted by Crippen LogP contribution is 2.33. The first-order valence-electron chi connectivity index (χ1n) is 6.62. The van der Waals surface area contributed by atoms with Crippen LogP contribution in [0.25, 0.3) is 0 Å². The molecule has 0 aromatic rings. The van der Waals surface area contributed by atoms with E-state index in [0.29, 0.717) is 0 Å². The molecule has 88 valence electrons. The third kappa shape index (κ3) is 2.54. The minimum absolute atomic E-state index is 0.750. The van der Waals surface area contributed by atoms with Crippen LogP contribution < -0.4 is 5.32 Å². The summed E-state index contributed by atoms with van der Waals surface area (Å²) >= 11 is 0. The van der Waals surface area contributed by atoms with Crippen molar-refractivity contribution in [2.24, 2.45) is 11.8 Å². The molecule has 1 aliphatic carbocycles. The van der Waals surface area contributed by atoms with Gasteiger partial charge in [0.15, 0.2) is 0 Å². The molecule has 2 fully saturated rings.